The van der Waals surface area contributed by atoms with E-state index in [-0.39, 0.29) is 13.0 Å². The molecule has 0 aliphatic rings. The molecule has 4 N–H and O–H groups in total. The third-order valence-corrected chi connectivity index (χ3v) is 7.53. The number of phosphoric acid groups is 1. The van der Waals surface area contributed by atoms with Gasteiger partial charge in [0, 0.05) is 6.61 Å². The molecule has 0 aromatic carbocycles. The van der Waals surface area contributed by atoms with Crippen LogP contribution in [0.15, 0.2) is 109 Å². The maximum Gasteiger partial charge on any atom is 0.472 e. The zero-order valence-corrected chi connectivity index (χ0v) is 31.5. The number of esters is 1. The first-order valence-corrected chi connectivity index (χ1v) is 19.4. The third kappa shape index (κ3) is 34.8. The van der Waals surface area contributed by atoms with Crippen LogP contribution in [0.4, 0.5) is 0 Å². The summed E-state index contributed by atoms with van der Waals surface area (Å²) in [4.78, 5) is 33.3. The number of hydrogen-bond acceptors (Lipinski definition) is 8. The minimum absolute atomic E-state index is 0.00337. The monoisotopic (exact) mass is 731 g/mol. The highest BCUT2D eigenvalue weighted by Crippen LogP contribution is 2.43. The van der Waals surface area contributed by atoms with Crippen molar-refractivity contribution in [2.45, 2.75) is 103 Å². The van der Waals surface area contributed by atoms with Crippen LogP contribution < -0.4 is 5.73 Å². The standard InChI is InChI=1S/C40H62NO9P/c1-3-5-7-9-11-13-15-17-19-20-22-24-26-28-30-32-39(42)50-37(35-48-51(45,46)49-36-38(41)40(43)44)34-47-33-31-29-27-25-23-21-18-16-14-12-10-8-6-4-2/h5-8,11-14,17-19,21-22,24-25,27-28,30,37-38H,3-4,9-10,15-16,20,23,26,29,31-36,41H2,1-2H3,(H,43,44)(H,45,46)/b7-5-,8-6-,13-11-,14-12-,19-17-,21-18-,24-22-,27-25-,30-28-. The van der Waals surface area contributed by atoms with Crippen molar-refractivity contribution in [3.05, 3.63) is 109 Å². The summed E-state index contributed by atoms with van der Waals surface area (Å²) >= 11 is 0. The van der Waals surface area contributed by atoms with E-state index in [0.29, 0.717) is 13.0 Å². The van der Waals surface area contributed by atoms with Gasteiger partial charge in [0.2, 0.25) is 0 Å². The van der Waals surface area contributed by atoms with Crippen molar-refractivity contribution in [3.8, 4) is 0 Å². The van der Waals surface area contributed by atoms with Gasteiger partial charge in [0.15, 0.2) is 0 Å². The lowest BCUT2D eigenvalue weighted by Gasteiger charge is -2.20. The van der Waals surface area contributed by atoms with Crippen LogP contribution in [0.2, 0.25) is 0 Å². The molecule has 51 heavy (non-hydrogen) atoms. The number of unbranched alkanes of at least 4 members (excludes halogenated alkanes) is 1. The molecule has 0 aromatic heterocycles. The van der Waals surface area contributed by atoms with Crippen LogP contribution in [0.25, 0.3) is 0 Å². The summed E-state index contributed by atoms with van der Waals surface area (Å²) in [7, 11) is -4.66. The fourth-order valence-corrected chi connectivity index (χ4v) is 4.63. The van der Waals surface area contributed by atoms with Crippen molar-refractivity contribution in [3.63, 3.8) is 0 Å². The number of phosphoric ester groups is 1. The molecule has 0 aliphatic heterocycles. The first-order valence-electron chi connectivity index (χ1n) is 17.9. The second-order valence-electron chi connectivity index (χ2n) is 11.2. The zero-order valence-electron chi connectivity index (χ0n) is 30.6. The van der Waals surface area contributed by atoms with E-state index in [0.717, 1.165) is 64.2 Å². The molecule has 0 bridgehead atoms. The van der Waals surface area contributed by atoms with Gasteiger partial charge in [0.1, 0.15) is 12.1 Å². The SMILES string of the molecule is CC/C=C\C/C=C\C/C=C\C/C=C\C/C=C\CC(=O)OC(COCCC/C=C\C/C=C\C/C=C\C/C=C\CC)COP(=O)(O)OCC(N)C(=O)O. The highest BCUT2D eigenvalue weighted by molar-refractivity contribution is 7.47. The van der Waals surface area contributed by atoms with Gasteiger partial charge in [-0.25, -0.2) is 4.57 Å². The average Bonchev–Trinajstić information content (AvgIpc) is 3.10. The van der Waals surface area contributed by atoms with E-state index in [9.17, 15) is 19.0 Å². The first-order chi connectivity index (χ1) is 24.7. The highest BCUT2D eigenvalue weighted by Gasteiger charge is 2.27. The summed E-state index contributed by atoms with van der Waals surface area (Å²) in [5, 5.41) is 8.85. The van der Waals surface area contributed by atoms with Crippen LogP contribution in [-0.2, 0) is 32.7 Å². The van der Waals surface area contributed by atoms with Crippen LogP contribution in [0.3, 0.4) is 0 Å². The smallest absolute Gasteiger partial charge is 0.472 e. The van der Waals surface area contributed by atoms with Crippen molar-refractivity contribution in [2.24, 2.45) is 5.73 Å². The second kappa shape index (κ2) is 35.1. The molecule has 0 spiro atoms. The van der Waals surface area contributed by atoms with E-state index in [1.165, 1.54) is 0 Å². The van der Waals surface area contributed by atoms with Gasteiger partial charge < -0.3 is 25.2 Å². The molecule has 3 unspecified atom stereocenters. The van der Waals surface area contributed by atoms with Gasteiger partial charge >= 0.3 is 19.8 Å². The minimum atomic E-state index is -4.66. The number of hydrogen-bond donors (Lipinski definition) is 3. The molecule has 3 atom stereocenters. The summed E-state index contributed by atoms with van der Waals surface area (Å²) in [5.41, 5.74) is 5.32. The number of allylic oxidation sites excluding steroid dienone is 17. The van der Waals surface area contributed by atoms with Crippen molar-refractivity contribution >= 4 is 19.8 Å². The highest BCUT2D eigenvalue weighted by atomic mass is 31.2. The molecule has 0 amide bonds. The predicted molar refractivity (Wildman–Crippen MR) is 207 cm³/mol. The number of aliphatic carboxylic acids is 1. The van der Waals surface area contributed by atoms with Crippen LogP contribution in [0.5, 0.6) is 0 Å². The summed E-state index contributed by atoms with van der Waals surface area (Å²) in [6.45, 7) is 3.32. The molecule has 0 radical (unpaired) electrons. The Kier molecular flexibility index (Phi) is 32.7. The van der Waals surface area contributed by atoms with E-state index in [1.54, 1.807) is 6.08 Å². The molecule has 0 saturated carbocycles. The van der Waals surface area contributed by atoms with Gasteiger partial charge in [-0.1, -0.05) is 123 Å². The van der Waals surface area contributed by atoms with Gasteiger partial charge in [0.25, 0.3) is 0 Å². The Bertz CT molecular complexity index is 1210. The topological polar surface area (TPSA) is 155 Å². The molecule has 0 rings (SSSR count). The lowest BCUT2D eigenvalue weighted by molar-refractivity contribution is -0.153. The third-order valence-electron chi connectivity index (χ3n) is 6.58. The average molecular weight is 732 g/mol. The maximum absolute atomic E-state index is 12.5. The Balaban J connectivity index is 4.62. The lowest BCUT2D eigenvalue weighted by atomic mass is 10.2. The molecule has 286 valence electrons. The molecule has 10 nitrogen and oxygen atoms in total. The minimum Gasteiger partial charge on any atom is -0.480 e. The normalized spacial score (nSPS) is 15.4. The van der Waals surface area contributed by atoms with Crippen LogP contribution in [0, 0.1) is 0 Å². The van der Waals surface area contributed by atoms with Crippen molar-refractivity contribution < 1.29 is 42.7 Å². The van der Waals surface area contributed by atoms with Crippen LogP contribution in [0.1, 0.15) is 90.9 Å². The Labute approximate surface area is 306 Å². The molecule has 11 heteroatoms. The van der Waals surface area contributed by atoms with E-state index in [1.807, 2.05) is 12.2 Å². The second-order valence-corrected chi connectivity index (χ2v) is 12.7. The largest absolute Gasteiger partial charge is 0.480 e. The van der Waals surface area contributed by atoms with Gasteiger partial charge in [-0.05, 0) is 70.6 Å². The van der Waals surface area contributed by atoms with Gasteiger partial charge in [0.05, 0.1) is 26.2 Å². The fraction of sp³-hybridized carbons (Fsp3) is 0.500. The maximum atomic E-state index is 12.5. The Morgan fingerprint density at radius 1 is 0.627 bits per heavy atom. The lowest BCUT2D eigenvalue weighted by Crippen LogP contribution is -2.34. The number of carbonyl (C=O) groups is 2. The Morgan fingerprint density at radius 2 is 1.04 bits per heavy atom. The van der Waals surface area contributed by atoms with Crippen molar-refractivity contribution in [1.82, 2.24) is 0 Å². The van der Waals surface area contributed by atoms with Gasteiger partial charge in [-0.15, -0.1) is 0 Å². The van der Waals surface area contributed by atoms with Crippen molar-refractivity contribution in [2.75, 3.05) is 26.4 Å². The molecule has 0 aliphatic carbocycles. The van der Waals surface area contributed by atoms with E-state index < -0.39 is 45.1 Å². The number of ether oxygens (including phenoxy) is 2. The first kappa shape index (κ1) is 47.6. The van der Waals surface area contributed by atoms with E-state index in [2.05, 4.69) is 110 Å². The molecular formula is C40H62NO9P. The Morgan fingerprint density at radius 3 is 1.49 bits per heavy atom. The zero-order chi connectivity index (χ0) is 37.7. The quantitative estimate of drug-likeness (QED) is 0.0264. The van der Waals surface area contributed by atoms with E-state index >= 15 is 0 Å². The molecular weight excluding hydrogens is 669 g/mol. The van der Waals surface area contributed by atoms with E-state index in [4.69, 9.17) is 24.8 Å². The number of nitrogens with two attached hydrogens (primary N) is 1. The summed E-state index contributed by atoms with van der Waals surface area (Å²) < 4.78 is 32.9. The number of carboxylic acid groups (broad SMARTS) is 1. The van der Waals surface area contributed by atoms with Crippen molar-refractivity contribution in [1.29, 1.82) is 0 Å². The van der Waals surface area contributed by atoms with Gasteiger partial charge in [-0.3, -0.25) is 18.6 Å². The number of carboxylic acids is 1. The summed E-state index contributed by atoms with van der Waals surface area (Å²) in [5.74, 6) is -1.95. The Hall–Kier alpha value is -3.37. The van der Waals surface area contributed by atoms with Crippen LogP contribution >= 0.6 is 7.82 Å². The summed E-state index contributed by atoms with van der Waals surface area (Å²) in [6, 6.07) is -1.50. The molecule has 0 saturated heterocycles. The van der Waals surface area contributed by atoms with Gasteiger partial charge in [-0.2, -0.15) is 0 Å². The molecule has 0 aromatic rings. The van der Waals surface area contributed by atoms with Crippen LogP contribution in [-0.4, -0.2) is 60.5 Å². The summed E-state index contributed by atoms with van der Waals surface area (Å²) in [6.07, 6.45) is 46.2. The fourth-order valence-electron chi connectivity index (χ4n) is 3.86. The molecule has 0 fully saturated rings. The molecule has 0 heterocycles. The number of carbonyl (C=O) groups excluding carboxylic acids is 1. The number of rotatable bonds is 32. The predicted octanol–water partition coefficient (Wildman–Crippen LogP) is 9.19.